The highest BCUT2D eigenvalue weighted by atomic mass is 19.1. The minimum atomic E-state index is -0.873. The van der Waals surface area contributed by atoms with E-state index in [2.05, 4.69) is 0 Å². The van der Waals surface area contributed by atoms with Crippen molar-refractivity contribution in [2.75, 3.05) is 20.1 Å². The number of aromatic hydroxyl groups is 1. The van der Waals surface area contributed by atoms with Gasteiger partial charge in [-0.25, -0.2) is 4.39 Å². The maximum atomic E-state index is 13.2. The summed E-state index contributed by atoms with van der Waals surface area (Å²) < 4.78 is 14.4. The maximum absolute atomic E-state index is 13.2. The summed E-state index contributed by atoms with van der Waals surface area (Å²) >= 11 is 0. The van der Waals surface area contributed by atoms with Crippen LogP contribution in [0.15, 0.2) is 29.1 Å². The zero-order valence-electron chi connectivity index (χ0n) is 18.3. The highest BCUT2D eigenvalue weighted by Gasteiger charge is 2.40. The Bertz CT molecular complexity index is 1160. The number of aliphatic hydroxyl groups excluding tert-OH is 1. The smallest absolute Gasteiger partial charge is 0.294 e. The standard InChI is InChI=1S/C23H26FN3O5/c1-23(2)12-27-18(21(31)25(3)11-16(23)28)15-8-9-26(10-13-4-6-14(24)7-5-13)20(30)17(15)19(29)22(27)32/h4-7,16,28-29H,8-12H2,1-3H3. The number of aromatic nitrogens is 1. The number of hydrogen-bond donors (Lipinski definition) is 2. The number of hydrogen-bond acceptors (Lipinski definition) is 5. The van der Waals surface area contributed by atoms with Gasteiger partial charge in [0, 0.05) is 44.2 Å². The third-order valence-corrected chi connectivity index (χ3v) is 6.43. The fourth-order valence-electron chi connectivity index (χ4n) is 4.38. The fraction of sp³-hybridized carbons (Fsp3) is 0.435. The van der Waals surface area contributed by atoms with E-state index in [9.17, 15) is 29.0 Å². The summed E-state index contributed by atoms with van der Waals surface area (Å²) in [4.78, 5) is 42.4. The largest absolute Gasteiger partial charge is 0.502 e. The summed E-state index contributed by atoms with van der Waals surface area (Å²) in [5.74, 6) is -2.11. The minimum absolute atomic E-state index is 0.0240. The number of β-amino-alcohol motifs (C(OH)–C–C–N with tert-alkyl or cyclic N) is 1. The van der Waals surface area contributed by atoms with Crippen LogP contribution in [0.3, 0.4) is 0 Å². The number of benzene rings is 1. The third kappa shape index (κ3) is 3.56. The van der Waals surface area contributed by atoms with Crippen LogP contribution in [0.4, 0.5) is 4.39 Å². The minimum Gasteiger partial charge on any atom is -0.502 e. The van der Waals surface area contributed by atoms with Crippen molar-refractivity contribution in [2.24, 2.45) is 5.41 Å². The predicted molar refractivity (Wildman–Crippen MR) is 114 cm³/mol. The van der Waals surface area contributed by atoms with Gasteiger partial charge in [-0.05, 0) is 24.1 Å². The number of carbonyl (C=O) groups excluding carboxylic acids is 2. The van der Waals surface area contributed by atoms with Gasteiger partial charge in [0.15, 0.2) is 5.75 Å². The molecule has 8 nitrogen and oxygen atoms in total. The molecule has 0 saturated carbocycles. The molecule has 32 heavy (non-hydrogen) atoms. The molecule has 2 aromatic rings. The zero-order valence-corrected chi connectivity index (χ0v) is 18.3. The molecule has 1 unspecified atom stereocenters. The quantitative estimate of drug-likeness (QED) is 0.730. The Labute approximate surface area is 184 Å². The molecule has 0 spiro atoms. The van der Waals surface area contributed by atoms with Crippen LogP contribution in [0.25, 0.3) is 0 Å². The molecule has 2 aliphatic heterocycles. The number of halogens is 1. The van der Waals surface area contributed by atoms with Crippen molar-refractivity contribution in [2.45, 2.75) is 39.5 Å². The van der Waals surface area contributed by atoms with E-state index in [1.54, 1.807) is 26.0 Å². The molecule has 0 aliphatic carbocycles. The van der Waals surface area contributed by atoms with Crippen molar-refractivity contribution in [3.8, 4) is 5.75 Å². The van der Waals surface area contributed by atoms with Crippen molar-refractivity contribution in [1.29, 1.82) is 0 Å². The van der Waals surface area contributed by atoms with Crippen LogP contribution >= 0.6 is 0 Å². The van der Waals surface area contributed by atoms with Crippen molar-refractivity contribution < 1.29 is 24.2 Å². The summed E-state index contributed by atoms with van der Waals surface area (Å²) in [5, 5.41) is 21.3. The van der Waals surface area contributed by atoms with Gasteiger partial charge in [0.25, 0.3) is 17.4 Å². The summed E-state index contributed by atoms with van der Waals surface area (Å²) in [6.07, 6.45) is -0.601. The second-order valence-electron chi connectivity index (χ2n) is 9.24. The molecule has 170 valence electrons. The summed E-state index contributed by atoms with van der Waals surface area (Å²) in [5.41, 5.74) is -0.611. The highest BCUT2D eigenvalue weighted by molar-refractivity contribution is 6.03. The van der Waals surface area contributed by atoms with E-state index >= 15 is 0 Å². The normalized spacial score (nSPS) is 20.5. The van der Waals surface area contributed by atoms with Gasteiger partial charge in [0.05, 0.1) is 11.7 Å². The molecule has 2 N–H and O–H groups in total. The van der Waals surface area contributed by atoms with Crippen molar-refractivity contribution in [3.05, 3.63) is 62.8 Å². The molecule has 9 heteroatoms. The number of likely N-dealkylation sites (N-methyl/N-ethyl adjacent to an activating group) is 1. The van der Waals surface area contributed by atoms with Crippen LogP contribution in [0, 0.1) is 11.2 Å². The first-order valence-corrected chi connectivity index (χ1v) is 10.5. The molecule has 1 aromatic heterocycles. The molecule has 0 saturated heterocycles. The van der Waals surface area contributed by atoms with E-state index in [-0.39, 0.29) is 49.7 Å². The van der Waals surface area contributed by atoms with E-state index in [4.69, 9.17) is 0 Å². The monoisotopic (exact) mass is 443 g/mol. The van der Waals surface area contributed by atoms with Gasteiger partial charge in [-0.3, -0.25) is 19.0 Å². The van der Waals surface area contributed by atoms with Crippen LogP contribution in [0.1, 0.15) is 45.8 Å². The number of fused-ring (bicyclic) bond motifs is 3. The van der Waals surface area contributed by atoms with Gasteiger partial charge in [0.2, 0.25) is 0 Å². The van der Waals surface area contributed by atoms with Crippen LogP contribution in [-0.4, -0.2) is 62.6 Å². The molecule has 0 bridgehead atoms. The van der Waals surface area contributed by atoms with Gasteiger partial charge >= 0.3 is 0 Å². The van der Waals surface area contributed by atoms with E-state index in [1.165, 1.54) is 33.5 Å². The summed E-state index contributed by atoms with van der Waals surface area (Å²) in [6.45, 7) is 4.13. The fourth-order valence-corrected chi connectivity index (χ4v) is 4.38. The average Bonchev–Trinajstić information content (AvgIpc) is 2.74. The maximum Gasteiger partial charge on any atom is 0.294 e. The Balaban J connectivity index is 1.82. The summed E-state index contributed by atoms with van der Waals surface area (Å²) in [7, 11) is 1.53. The molecular weight excluding hydrogens is 417 g/mol. The van der Waals surface area contributed by atoms with Gasteiger partial charge in [0.1, 0.15) is 11.5 Å². The molecule has 2 aliphatic rings. The lowest BCUT2D eigenvalue weighted by Gasteiger charge is -2.39. The van der Waals surface area contributed by atoms with Gasteiger partial charge in [-0.1, -0.05) is 26.0 Å². The topological polar surface area (TPSA) is 103 Å². The Hall–Kier alpha value is -3.20. The second kappa shape index (κ2) is 7.74. The zero-order chi connectivity index (χ0) is 23.4. The molecule has 3 heterocycles. The van der Waals surface area contributed by atoms with E-state index < -0.39 is 34.6 Å². The molecule has 1 aromatic carbocycles. The molecular formula is C23H26FN3O5. The van der Waals surface area contributed by atoms with Gasteiger partial charge < -0.3 is 20.0 Å². The number of pyridine rings is 1. The van der Waals surface area contributed by atoms with Gasteiger partial charge in [-0.15, -0.1) is 0 Å². The third-order valence-electron chi connectivity index (χ3n) is 6.43. The Morgan fingerprint density at radius 2 is 1.78 bits per heavy atom. The van der Waals surface area contributed by atoms with Crippen molar-refractivity contribution in [3.63, 3.8) is 0 Å². The molecule has 0 radical (unpaired) electrons. The van der Waals surface area contributed by atoms with E-state index in [1.807, 2.05) is 0 Å². The lowest BCUT2D eigenvalue weighted by Crippen LogP contribution is -2.51. The molecule has 1 atom stereocenters. The first-order chi connectivity index (χ1) is 15.0. The summed E-state index contributed by atoms with van der Waals surface area (Å²) in [6, 6.07) is 5.74. The Morgan fingerprint density at radius 1 is 1.12 bits per heavy atom. The van der Waals surface area contributed by atoms with E-state index in [0.717, 1.165) is 0 Å². The van der Waals surface area contributed by atoms with Gasteiger partial charge in [-0.2, -0.15) is 0 Å². The van der Waals surface area contributed by atoms with E-state index in [0.29, 0.717) is 11.1 Å². The highest BCUT2D eigenvalue weighted by Crippen LogP contribution is 2.33. The Kier molecular flexibility index (Phi) is 5.32. The van der Waals surface area contributed by atoms with Crippen LogP contribution < -0.4 is 5.56 Å². The Morgan fingerprint density at radius 3 is 2.44 bits per heavy atom. The second-order valence-corrected chi connectivity index (χ2v) is 9.24. The number of aliphatic hydroxyl groups is 1. The number of nitrogens with zero attached hydrogens (tertiary/aromatic N) is 3. The molecule has 0 fully saturated rings. The average molecular weight is 443 g/mol. The van der Waals surface area contributed by atoms with Crippen LogP contribution in [0.2, 0.25) is 0 Å². The van der Waals surface area contributed by atoms with Crippen molar-refractivity contribution in [1.82, 2.24) is 14.4 Å². The van der Waals surface area contributed by atoms with Crippen LogP contribution in [-0.2, 0) is 19.5 Å². The number of rotatable bonds is 2. The lowest BCUT2D eigenvalue weighted by atomic mass is 9.84. The predicted octanol–water partition coefficient (Wildman–Crippen LogP) is 1.36. The first-order valence-electron chi connectivity index (χ1n) is 10.5. The SMILES string of the molecule is CN1CC(O)C(C)(C)Cn2c(c3c(c(O)c2=O)C(=O)N(Cc2ccc(F)cc2)CC3)C1=O. The molecule has 2 amide bonds. The molecule has 4 rings (SSSR count). The number of carbonyl (C=O) groups is 2. The van der Waals surface area contributed by atoms with Crippen molar-refractivity contribution >= 4 is 11.8 Å². The van der Waals surface area contributed by atoms with Crippen LogP contribution in [0.5, 0.6) is 5.75 Å². The lowest BCUT2D eigenvalue weighted by molar-refractivity contribution is 0.00648. The first kappa shape index (κ1) is 22.0. The number of amides is 2.